The fraction of sp³-hybridized carbons (Fsp3) is 0.533. The van der Waals surface area contributed by atoms with Gasteiger partial charge in [-0.3, -0.25) is 9.88 Å². The number of pyridine rings is 1. The third-order valence-electron chi connectivity index (χ3n) is 4.09. The van der Waals surface area contributed by atoms with E-state index in [-0.39, 0.29) is 0 Å². The quantitative estimate of drug-likeness (QED) is 0.895. The van der Waals surface area contributed by atoms with Gasteiger partial charge in [-0.1, -0.05) is 19.8 Å². The molecule has 0 bridgehead atoms. The molecule has 1 aromatic heterocycles. The number of carbonyl (C=O) groups is 2. The highest BCUT2D eigenvalue weighted by molar-refractivity contribution is 5.95. The number of anilines is 1. The van der Waals surface area contributed by atoms with Crippen molar-refractivity contribution in [2.24, 2.45) is 5.92 Å². The maximum Gasteiger partial charge on any atom is 0.329 e. The number of hydrogen-bond donors (Lipinski definition) is 2. The van der Waals surface area contributed by atoms with Crippen molar-refractivity contribution in [3.05, 3.63) is 24.5 Å². The maximum atomic E-state index is 12.4. The van der Waals surface area contributed by atoms with E-state index in [0.717, 1.165) is 12.8 Å². The molecule has 6 nitrogen and oxygen atoms in total. The normalized spacial score (nSPS) is 25.1. The van der Waals surface area contributed by atoms with Gasteiger partial charge in [0, 0.05) is 13.2 Å². The van der Waals surface area contributed by atoms with E-state index in [1.165, 1.54) is 4.90 Å². The summed E-state index contributed by atoms with van der Waals surface area (Å²) in [6.07, 6.45) is 5.94. The number of nitrogens with zero attached hydrogens (tertiary/aromatic N) is 2. The number of carbonyl (C=O) groups excluding carboxylic acids is 1. The number of carboxylic acid groups (broad SMARTS) is 1. The highest BCUT2D eigenvalue weighted by Gasteiger charge is 2.43. The van der Waals surface area contributed by atoms with Gasteiger partial charge in [-0.2, -0.15) is 0 Å². The number of carboxylic acids is 1. The Kier molecular flexibility index (Phi) is 4.45. The molecule has 1 heterocycles. The molecule has 1 saturated carbocycles. The molecular formula is C15H21N3O3. The molecule has 0 spiro atoms. The topological polar surface area (TPSA) is 82.5 Å². The molecule has 21 heavy (non-hydrogen) atoms. The molecule has 0 radical (unpaired) electrons. The molecular weight excluding hydrogens is 270 g/mol. The molecule has 2 unspecified atom stereocenters. The van der Waals surface area contributed by atoms with Gasteiger partial charge in [-0.05, 0) is 30.9 Å². The number of aliphatic carboxylic acids is 1. The zero-order valence-corrected chi connectivity index (χ0v) is 12.4. The molecule has 2 amide bonds. The van der Waals surface area contributed by atoms with Gasteiger partial charge in [0.15, 0.2) is 0 Å². The summed E-state index contributed by atoms with van der Waals surface area (Å²) < 4.78 is 0. The Morgan fingerprint density at radius 1 is 1.52 bits per heavy atom. The van der Waals surface area contributed by atoms with Gasteiger partial charge in [0.05, 0.1) is 11.9 Å². The van der Waals surface area contributed by atoms with Crippen LogP contribution in [0.2, 0.25) is 0 Å². The fourth-order valence-electron chi connectivity index (χ4n) is 2.87. The standard InChI is InChI=1S/C15H21N3O3/c1-11-5-3-7-15(9-11,13(19)20)17-14(21)18(2)12-6-4-8-16-10-12/h4,6,8,10-11H,3,5,7,9H2,1-2H3,(H,17,21)(H,19,20). The monoisotopic (exact) mass is 291 g/mol. The third-order valence-corrected chi connectivity index (χ3v) is 4.09. The average molecular weight is 291 g/mol. The first kappa shape index (κ1) is 15.3. The van der Waals surface area contributed by atoms with E-state index in [1.807, 2.05) is 6.92 Å². The van der Waals surface area contributed by atoms with Crippen molar-refractivity contribution in [1.29, 1.82) is 0 Å². The van der Waals surface area contributed by atoms with Crippen molar-refractivity contribution < 1.29 is 14.7 Å². The Bertz CT molecular complexity index is 520. The molecule has 1 fully saturated rings. The molecule has 0 aromatic carbocycles. The Labute approximate surface area is 124 Å². The maximum absolute atomic E-state index is 12.4. The van der Waals surface area contributed by atoms with Gasteiger partial charge in [-0.25, -0.2) is 9.59 Å². The van der Waals surface area contributed by atoms with E-state index in [0.29, 0.717) is 24.4 Å². The van der Waals surface area contributed by atoms with Crippen LogP contribution in [0, 0.1) is 5.92 Å². The minimum absolute atomic E-state index is 0.291. The second-order valence-electron chi connectivity index (χ2n) is 5.79. The summed E-state index contributed by atoms with van der Waals surface area (Å²) in [5, 5.41) is 12.3. The van der Waals surface area contributed by atoms with Crippen molar-refractivity contribution >= 4 is 17.7 Å². The smallest absolute Gasteiger partial charge is 0.329 e. The molecule has 2 rings (SSSR count). The Morgan fingerprint density at radius 2 is 2.29 bits per heavy atom. The molecule has 114 valence electrons. The van der Waals surface area contributed by atoms with Gasteiger partial charge >= 0.3 is 12.0 Å². The second-order valence-corrected chi connectivity index (χ2v) is 5.79. The van der Waals surface area contributed by atoms with Crippen LogP contribution in [0.25, 0.3) is 0 Å². The fourth-order valence-corrected chi connectivity index (χ4v) is 2.87. The van der Waals surface area contributed by atoms with Gasteiger partial charge in [0.2, 0.25) is 0 Å². The van der Waals surface area contributed by atoms with E-state index in [1.54, 1.807) is 31.6 Å². The van der Waals surface area contributed by atoms with Crippen LogP contribution >= 0.6 is 0 Å². The van der Waals surface area contributed by atoms with Gasteiger partial charge in [0.25, 0.3) is 0 Å². The second kappa shape index (κ2) is 6.11. The highest BCUT2D eigenvalue weighted by Crippen LogP contribution is 2.32. The minimum atomic E-state index is -1.16. The van der Waals surface area contributed by atoms with E-state index < -0.39 is 17.5 Å². The predicted molar refractivity (Wildman–Crippen MR) is 79.2 cm³/mol. The van der Waals surface area contributed by atoms with Crippen LogP contribution in [0.1, 0.15) is 32.6 Å². The lowest BCUT2D eigenvalue weighted by atomic mass is 9.76. The Balaban J connectivity index is 2.14. The average Bonchev–Trinajstić information content (AvgIpc) is 2.47. The van der Waals surface area contributed by atoms with Crippen LogP contribution in [0.5, 0.6) is 0 Å². The van der Waals surface area contributed by atoms with Gasteiger partial charge < -0.3 is 10.4 Å². The molecule has 2 N–H and O–H groups in total. The summed E-state index contributed by atoms with van der Waals surface area (Å²) in [7, 11) is 1.61. The lowest BCUT2D eigenvalue weighted by Crippen LogP contribution is -2.59. The van der Waals surface area contributed by atoms with Gasteiger partial charge in [0.1, 0.15) is 5.54 Å². The van der Waals surface area contributed by atoms with Crippen molar-refractivity contribution in [2.45, 2.75) is 38.1 Å². The van der Waals surface area contributed by atoms with Crippen LogP contribution in [0.15, 0.2) is 24.5 Å². The third kappa shape index (κ3) is 3.32. The van der Waals surface area contributed by atoms with Crippen molar-refractivity contribution in [2.75, 3.05) is 11.9 Å². The van der Waals surface area contributed by atoms with Crippen LogP contribution in [0.4, 0.5) is 10.5 Å². The predicted octanol–water partition coefficient (Wildman–Crippen LogP) is 2.26. The largest absolute Gasteiger partial charge is 0.480 e. The SMILES string of the molecule is CC1CCCC(NC(=O)N(C)c2cccnc2)(C(=O)O)C1. The zero-order chi connectivity index (χ0) is 15.5. The van der Waals surface area contributed by atoms with Crippen molar-refractivity contribution in [3.8, 4) is 0 Å². The molecule has 2 atom stereocenters. The van der Waals surface area contributed by atoms with E-state index in [9.17, 15) is 14.7 Å². The number of nitrogens with one attached hydrogen (secondary N) is 1. The molecule has 1 aliphatic carbocycles. The lowest BCUT2D eigenvalue weighted by molar-refractivity contribution is -0.146. The molecule has 6 heteroatoms. The summed E-state index contributed by atoms with van der Waals surface area (Å²) in [6.45, 7) is 2.02. The van der Waals surface area contributed by atoms with Crippen LogP contribution in [0.3, 0.4) is 0 Å². The Morgan fingerprint density at radius 3 is 2.86 bits per heavy atom. The van der Waals surface area contributed by atoms with Crippen molar-refractivity contribution in [1.82, 2.24) is 10.3 Å². The molecule has 0 aliphatic heterocycles. The summed E-state index contributed by atoms with van der Waals surface area (Å²) in [5.41, 5.74) is -0.537. The van der Waals surface area contributed by atoms with Crippen LogP contribution < -0.4 is 10.2 Å². The molecule has 1 aromatic rings. The summed E-state index contributed by atoms with van der Waals surface area (Å²) in [6, 6.07) is 3.07. The number of amides is 2. The summed E-state index contributed by atoms with van der Waals surface area (Å²) >= 11 is 0. The lowest BCUT2D eigenvalue weighted by Gasteiger charge is -2.38. The highest BCUT2D eigenvalue weighted by atomic mass is 16.4. The Hall–Kier alpha value is -2.11. The zero-order valence-electron chi connectivity index (χ0n) is 12.4. The number of hydrogen-bond acceptors (Lipinski definition) is 3. The van der Waals surface area contributed by atoms with Crippen LogP contribution in [-0.4, -0.2) is 34.7 Å². The van der Waals surface area contributed by atoms with E-state index in [2.05, 4.69) is 10.3 Å². The molecule has 1 aliphatic rings. The summed E-state index contributed by atoms with van der Waals surface area (Å²) in [5.74, 6) is -0.666. The number of rotatable bonds is 3. The van der Waals surface area contributed by atoms with Crippen LogP contribution in [-0.2, 0) is 4.79 Å². The first-order valence-electron chi connectivity index (χ1n) is 7.14. The molecule has 0 saturated heterocycles. The first-order chi connectivity index (χ1) is 9.94. The first-order valence-corrected chi connectivity index (χ1v) is 7.14. The van der Waals surface area contributed by atoms with E-state index >= 15 is 0 Å². The minimum Gasteiger partial charge on any atom is -0.480 e. The van der Waals surface area contributed by atoms with E-state index in [4.69, 9.17) is 0 Å². The number of aromatic nitrogens is 1. The number of urea groups is 1. The van der Waals surface area contributed by atoms with Gasteiger partial charge in [-0.15, -0.1) is 0 Å². The van der Waals surface area contributed by atoms with Crippen molar-refractivity contribution in [3.63, 3.8) is 0 Å². The summed E-state index contributed by atoms with van der Waals surface area (Å²) in [4.78, 5) is 29.4.